The summed E-state index contributed by atoms with van der Waals surface area (Å²) in [6, 6.07) is 12.7. The average Bonchev–Trinajstić information content (AvgIpc) is 3.66. The number of rotatable bonds is 7. The normalized spacial score (nSPS) is 23.0. The molecular weight excluding hydrogens is 489 g/mol. The minimum absolute atomic E-state index is 0.117. The molecule has 0 aromatic heterocycles. The van der Waals surface area contributed by atoms with E-state index in [1.807, 2.05) is 24.3 Å². The second-order valence-corrected chi connectivity index (χ2v) is 9.75. The van der Waals surface area contributed by atoms with Crippen molar-refractivity contribution in [1.82, 2.24) is 9.91 Å². The number of carbonyl (C=O) groups excluding carboxylic acids is 3. The van der Waals surface area contributed by atoms with E-state index in [1.165, 1.54) is 6.92 Å². The molecule has 3 amide bonds. The first-order valence-corrected chi connectivity index (χ1v) is 12.2. The van der Waals surface area contributed by atoms with E-state index in [2.05, 4.69) is 6.58 Å². The first-order valence-electron chi connectivity index (χ1n) is 11.4. The summed E-state index contributed by atoms with van der Waals surface area (Å²) in [6.07, 6.45) is 1.84. The van der Waals surface area contributed by atoms with E-state index in [9.17, 15) is 14.4 Å². The van der Waals surface area contributed by atoms with E-state index < -0.39 is 36.1 Å². The van der Waals surface area contributed by atoms with E-state index in [-0.39, 0.29) is 18.2 Å². The maximum absolute atomic E-state index is 13.9. The van der Waals surface area contributed by atoms with Gasteiger partial charge in [-0.05, 0) is 54.2 Å². The lowest BCUT2D eigenvalue weighted by Crippen LogP contribution is -2.61. The van der Waals surface area contributed by atoms with Gasteiger partial charge >= 0.3 is 0 Å². The van der Waals surface area contributed by atoms with Crippen molar-refractivity contribution >= 4 is 40.9 Å². The van der Waals surface area contributed by atoms with Gasteiger partial charge in [-0.15, -0.1) is 6.58 Å². The molecule has 0 bridgehead atoms. The summed E-state index contributed by atoms with van der Waals surface area (Å²) in [5.41, 5.74) is 1.48. The highest BCUT2D eigenvalue weighted by Crippen LogP contribution is 2.48. The van der Waals surface area contributed by atoms with Crippen LogP contribution in [0, 0.1) is 5.92 Å². The lowest BCUT2D eigenvalue weighted by molar-refractivity contribution is -0.184. The molecule has 0 radical (unpaired) electrons. The summed E-state index contributed by atoms with van der Waals surface area (Å²) in [4.78, 5) is 40.9. The van der Waals surface area contributed by atoms with Crippen LogP contribution in [0.2, 0.25) is 10.0 Å². The Morgan fingerprint density at radius 2 is 1.86 bits per heavy atom. The molecule has 1 heterocycles. The van der Waals surface area contributed by atoms with Gasteiger partial charge in [0.15, 0.2) is 0 Å². The minimum Gasteiger partial charge on any atom is -0.358 e. The molecule has 2 aromatic rings. The van der Waals surface area contributed by atoms with Crippen LogP contribution < -0.4 is 5.84 Å². The van der Waals surface area contributed by atoms with Gasteiger partial charge in [0.2, 0.25) is 5.91 Å². The number of imide groups is 1. The van der Waals surface area contributed by atoms with Gasteiger partial charge in [0, 0.05) is 23.4 Å². The number of morpholine rings is 1. The van der Waals surface area contributed by atoms with Gasteiger partial charge in [-0.1, -0.05) is 53.5 Å². The van der Waals surface area contributed by atoms with Gasteiger partial charge in [0.25, 0.3) is 11.8 Å². The van der Waals surface area contributed by atoms with Gasteiger partial charge in [-0.25, -0.2) is 10.9 Å². The van der Waals surface area contributed by atoms with Crippen LogP contribution in [0.15, 0.2) is 61.2 Å². The summed E-state index contributed by atoms with van der Waals surface area (Å²) in [6.45, 7) is 4.98. The third kappa shape index (κ3) is 5.28. The molecular formula is C26H27Cl2N3O4. The molecule has 1 saturated carbocycles. The number of hydrogen-bond acceptors (Lipinski definition) is 5. The van der Waals surface area contributed by atoms with Crippen LogP contribution in [0.4, 0.5) is 0 Å². The Kier molecular flexibility index (Phi) is 7.62. The fourth-order valence-electron chi connectivity index (χ4n) is 4.57. The molecule has 2 fully saturated rings. The largest absolute Gasteiger partial charge is 0.358 e. The molecule has 1 aliphatic carbocycles. The first kappa shape index (κ1) is 25.4. The van der Waals surface area contributed by atoms with Crippen LogP contribution in [-0.2, 0) is 19.1 Å². The summed E-state index contributed by atoms with van der Waals surface area (Å²) in [5, 5.41) is 1.65. The zero-order valence-corrected chi connectivity index (χ0v) is 20.8. The summed E-state index contributed by atoms with van der Waals surface area (Å²) < 4.78 is 6.37. The van der Waals surface area contributed by atoms with Crippen molar-refractivity contribution in [3.8, 4) is 0 Å². The number of nitrogens with two attached hydrogens (primary N) is 1. The number of halogens is 2. The third-order valence-corrected chi connectivity index (χ3v) is 6.88. The van der Waals surface area contributed by atoms with Crippen molar-refractivity contribution < 1.29 is 19.1 Å². The minimum atomic E-state index is -0.921. The predicted molar refractivity (Wildman–Crippen MR) is 133 cm³/mol. The molecule has 4 rings (SSSR count). The topological polar surface area (TPSA) is 92.9 Å². The molecule has 7 nitrogen and oxygen atoms in total. The molecule has 1 aliphatic heterocycles. The van der Waals surface area contributed by atoms with Crippen LogP contribution in [0.3, 0.4) is 0 Å². The van der Waals surface area contributed by atoms with Crippen LogP contribution in [0.5, 0.6) is 0 Å². The number of benzene rings is 2. The molecule has 1 saturated heterocycles. The fraction of sp³-hybridized carbons (Fsp3) is 0.346. The highest BCUT2D eigenvalue weighted by molar-refractivity contribution is 6.30. The van der Waals surface area contributed by atoms with E-state index >= 15 is 0 Å². The van der Waals surface area contributed by atoms with Crippen molar-refractivity contribution in [1.29, 1.82) is 0 Å². The number of hydrazine groups is 1. The molecule has 2 aromatic carbocycles. The highest BCUT2D eigenvalue weighted by atomic mass is 35.5. The Hall–Kier alpha value is -2.71. The fourth-order valence-corrected chi connectivity index (χ4v) is 4.90. The number of amides is 3. The number of ether oxygens (including phenoxy) is 1. The summed E-state index contributed by atoms with van der Waals surface area (Å²) in [7, 11) is 0. The van der Waals surface area contributed by atoms with E-state index in [1.54, 1.807) is 35.2 Å². The average molecular weight is 516 g/mol. The number of nitrogens with zero attached hydrogens (tertiary/aromatic N) is 2. The van der Waals surface area contributed by atoms with Crippen molar-refractivity contribution in [2.24, 2.45) is 11.8 Å². The summed E-state index contributed by atoms with van der Waals surface area (Å²) >= 11 is 12.5. The maximum atomic E-state index is 13.9. The van der Waals surface area contributed by atoms with Gasteiger partial charge in [-0.3, -0.25) is 14.4 Å². The Balaban J connectivity index is 1.89. The Morgan fingerprint density at radius 3 is 2.43 bits per heavy atom. The van der Waals surface area contributed by atoms with Crippen molar-refractivity contribution in [3.63, 3.8) is 0 Å². The molecule has 2 aliphatic rings. The van der Waals surface area contributed by atoms with E-state index in [4.69, 9.17) is 33.8 Å². The predicted octanol–water partition coefficient (Wildman–Crippen LogP) is 4.61. The van der Waals surface area contributed by atoms with Crippen LogP contribution in [-0.4, -0.2) is 39.8 Å². The standard InChI is InChI=1S/C26H27Cl2N3O4/c1-3-5-21-25(33)30(23(17-8-9-17)26(34)31(29)15(2)32)22(16-10-12-19(27)13-11-16)24(35-21)18-6-4-7-20(28)14-18/h3-4,6-7,10-14,17,21-24H,1,5,8-9,29H2,2H3/t21-,22+,23-,24-/m1/s1. The third-order valence-electron chi connectivity index (χ3n) is 6.39. The molecule has 4 atom stereocenters. The monoisotopic (exact) mass is 515 g/mol. The highest BCUT2D eigenvalue weighted by Gasteiger charge is 2.53. The zero-order valence-electron chi connectivity index (χ0n) is 19.3. The van der Waals surface area contributed by atoms with Crippen LogP contribution in [0.25, 0.3) is 0 Å². The van der Waals surface area contributed by atoms with Crippen molar-refractivity contribution in [2.75, 3.05) is 0 Å². The quantitative estimate of drug-likeness (QED) is 0.251. The summed E-state index contributed by atoms with van der Waals surface area (Å²) in [5.74, 6) is 4.17. The van der Waals surface area contributed by atoms with Gasteiger partial charge < -0.3 is 9.64 Å². The van der Waals surface area contributed by atoms with Crippen molar-refractivity contribution in [3.05, 3.63) is 82.4 Å². The molecule has 2 N–H and O–H groups in total. The Labute approximate surface area is 214 Å². The SMILES string of the molecule is C=CC[C@H]1O[C@H](c2cccc(Cl)c2)[C@H](c2ccc(Cl)cc2)N([C@@H](C(=O)N(N)C(C)=O)C2CC2)C1=O. The molecule has 9 heteroatoms. The smallest absolute Gasteiger partial charge is 0.266 e. The Bertz CT molecular complexity index is 1140. The Morgan fingerprint density at radius 1 is 1.17 bits per heavy atom. The molecule has 0 unspecified atom stereocenters. The van der Waals surface area contributed by atoms with Crippen LogP contribution >= 0.6 is 23.2 Å². The molecule has 35 heavy (non-hydrogen) atoms. The maximum Gasteiger partial charge on any atom is 0.266 e. The van der Waals surface area contributed by atoms with Gasteiger partial charge in [-0.2, -0.15) is 0 Å². The van der Waals surface area contributed by atoms with Crippen LogP contribution in [0.1, 0.15) is 49.5 Å². The van der Waals surface area contributed by atoms with E-state index in [0.717, 1.165) is 24.0 Å². The van der Waals surface area contributed by atoms with E-state index in [0.29, 0.717) is 15.1 Å². The molecule has 184 valence electrons. The second kappa shape index (κ2) is 10.5. The van der Waals surface area contributed by atoms with Crippen molar-refractivity contribution in [2.45, 2.75) is 50.5 Å². The lowest BCUT2D eigenvalue weighted by atomic mass is 9.89. The van der Waals surface area contributed by atoms with Gasteiger partial charge in [0.05, 0.1) is 6.04 Å². The second-order valence-electron chi connectivity index (χ2n) is 8.88. The first-order chi connectivity index (χ1) is 16.7. The van der Waals surface area contributed by atoms with Gasteiger partial charge in [0.1, 0.15) is 18.2 Å². The lowest BCUT2D eigenvalue weighted by Gasteiger charge is -2.48. The number of hydrogen-bond donors (Lipinski definition) is 1. The molecule has 0 spiro atoms. The number of carbonyl (C=O) groups is 3. The zero-order chi connectivity index (χ0) is 25.3.